The third-order valence-corrected chi connectivity index (χ3v) is 3.70. The predicted molar refractivity (Wildman–Crippen MR) is 74.3 cm³/mol. The van der Waals surface area contributed by atoms with E-state index in [2.05, 4.69) is 5.32 Å². The van der Waals surface area contributed by atoms with Crippen LogP contribution in [0.2, 0.25) is 0 Å². The van der Waals surface area contributed by atoms with E-state index in [4.69, 9.17) is 4.74 Å². The van der Waals surface area contributed by atoms with Crippen LogP contribution in [0.4, 0.5) is 0 Å². The number of carbonyl (C=O) groups excluding carboxylic acids is 2. The maximum Gasteiger partial charge on any atom is 0.340 e. The number of amides is 1. The van der Waals surface area contributed by atoms with E-state index < -0.39 is 12.1 Å². The van der Waals surface area contributed by atoms with Crippen LogP contribution in [0.15, 0.2) is 29.2 Å². The molecule has 1 N–H and O–H groups in total. The first-order chi connectivity index (χ1) is 9.11. The van der Waals surface area contributed by atoms with Gasteiger partial charge in [-0.1, -0.05) is 12.1 Å². The Hall–Kier alpha value is -1.49. The molecule has 0 unspecified atom stereocenters. The Morgan fingerprint density at radius 3 is 2.68 bits per heavy atom. The number of carbonyl (C=O) groups is 2. The van der Waals surface area contributed by atoms with Crippen molar-refractivity contribution in [3.63, 3.8) is 0 Å². The molecule has 19 heavy (non-hydrogen) atoms. The van der Waals surface area contributed by atoms with Gasteiger partial charge < -0.3 is 10.1 Å². The molecule has 1 amide bonds. The summed E-state index contributed by atoms with van der Waals surface area (Å²) in [6, 6.07) is 7.49. The van der Waals surface area contributed by atoms with Crippen molar-refractivity contribution in [2.45, 2.75) is 36.8 Å². The molecule has 0 radical (unpaired) electrons. The van der Waals surface area contributed by atoms with Gasteiger partial charge in [0.25, 0.3) is 5.91 Å². The minimum Gasteiger partial charge on any atom is -0.449 e. The summed E-state index contributed by atoms with van der Waals surface area (Å²) in [5, 5.41) is 2.82. The van der Waals surface area contributed by atoms with Crippen LogP contribution in [0, 0.1) is 0 Å². The van der Waals surface area contributed by atoms with Crippen LogP contribution in [0.1, 0.15) is 30.1 Å². The second kappa shape index (κ2) is 6.10. The van der Waals surface area contributed by atoms with E-state index in [-0.39, 0.29) is 11.9 Å². The number of esters is 1. The molecule has 2 rings (SSSR count). The Bertz CT molecular complexity index is 485. The minimum atomic E-state index is -0.761. The van der Waals surface area contributed by atoms with Gasteiger partial charge in [0.2, 0.25) is 0 Å². The molecule has 0 aromatic heterocycles. The lowest BCUT2D eigenvalue weighted by atomic mass is 10.2. The molecule has 0 aliphatic heterocycles. The largest absolute Gasteiger partial charge is 0.449 e. The summed E-state index contributed by atoms with van der Waals surface area (Å²) >= 11 is 1.48. The SMILES string of the molecule is CSc1ccccc1C(=O)O[C@@H](C)C(=O)NC1CC1. The molecule has 1 aromatic carbocycles. The molecule has 1 aliphatic carbocycles. The van der Waals surface area contributed by atoms with Crippen molar-refractivity contribution in [3.8, 4) is 0 Å². The average molecular weight is 279 g/mol. The topological polar surface area (TPSA) is 55.4 Å². The molecule has 0 heterocycles. The van der Waals surface area contributed by atoms with Crippen molar-refractivity contribution in [1.82, 2.24) is 5.32 Å². The Balaban J connectivity index is 1.97. The molecule has 102 valence electrons. The Labute approximate surface area is 116 Å². The smallest absolute Gasteiger partial charge is 0.340 e. The van der Waals surface area contributed by atoms with Crippen molar-refractivity contribution in [1.29, 1.82) is 0 Å². The van der Waals surface area contributed by atoms with Gasteiger partial charge in [0.15, 0.2) is 6.10 Å². The number of nitrogens with one attached hydrogen (secondary N) is 1. The molecule has 0 bridgehead atoms. The van der Waals surface area contributed by atoms with Crippen molar-refractivity contribution >= 4 is 23.6 Å². The van der Waals surface area contributed by atoms with E-state index in [1.54, 1.807) is 19.1 Å². The molecule has 1 atom stereocenters. The summed E-state index contributed by atoms with van der Waals surface area (Å²) < 4.78 is 5.21. The molecular weight excluding hydrogens is 262 g/mol. The van der Waals surface area contributed by atoms with Crippen LogP contribution in [0.3, 0.4) is 0 Å². The molecule has 5 heteroatoms. The number of thioether (sulfide) groups is 1. The first-order valence-electron chi connectivity index (χ1n) is 6.26. The van der Waals surface area contributed by atoms with Gasteiger partial charge in [-0.15, -0.1) is 11.8 Å². The van der Waals surface area contributed by atoms with Crippen LogP contribution >= 0.6 is 11.8 Å². The highest BCUT2D eigenvalue weighted by atomic mass is 32.2. The molecular formula is C14H17NO3S. The normalized spacial score (nSPS) is 15.7. The fourth-order valence-corrected chi connectivity index (χ4v) is 2.22. The van der Waals surface area contributed by atoms with Crippen molar-refractivity contribution < 1.29 is 14.3 Å². The zero-order valence-electron chi connectivity index (χ0n) is 11.0. The molecule has 1 aromatic rings. The Kier molecular flexibility index (Phi) is 4.47. The Morgan fingerprint density at radius 1 is 1.37 bits per heavy atom. The Morgan fingerprint density at radius 2 is 2.05 bits per heavy atom. The zero-order valence-corrected chi connectivity index (χ0v) is 11.8. The van der Waals surface area contributed by atoms with Gasteiger partial charge in [0, 0.05) is 10.9 Å². The molecule has 0 spiro atoms. The van der Waals surface area contributed by atoms with Crippen LogP contribution < -0.4 is 5.32 Å². The van der Waals surface area contributed by atoms with Crippen molar-refractivity contribution in [3.05, 3.63) is 29.8 Å². The fourth-order valence-electron chi connectivity index (χ4n) is 1.64. The predicted octanol–water partition coefficient (Wildman–Crippen LogP) is 2.23. The highest BCUT2D eigenvalue weighted by Crippen LogP contribution is 2.21. The van der Waals surface area contributed by atoms with Crippen LogP contribution in [-0.4, -0.2) is 30.3 Å². The van der Waals surface area contributed by atoms with Gasteiger partial charge in [-0.2, -0.15) is 0 Å². The van der Waals surface area contributed by atoms with Crippen LogP contribution in [-0.2, 0) is 9.53 Å². The van der Waals surface area contributed by atoms with Crippen molar-refractivity contribution in [2.75, 3.05) is 6.26 Å². The van der Waals surface area contributed by atoms with Gasteiger partial charge in [0.1, 0.15) is 0 Å². The molecule has 1 aliphatic rings. The van der Waals surface area contributed by atoms with Crippen LogP contribution in [0.25, 0.3) is 0 Å². The quantitative estimate of drug-likeness (QED) is 0.663. The lowest BCUT2D eigenvalue weighted by Crippen LogP contribution is -2.37. The zero-order chi connectivity index (χ0) is 13.8. The van der Waals surface area contributed by atoms with Gasteiger partial charge >= 0.3 is 5.97 Å². The molecule has 1 saturated carbocycles. The van der Waals surface area contributed by atoms with Gasteiger partial charge in [-0.25, -0.2) is 4.79 Å². The highest BCUT2D eigenvalue weighted by molar-refractivity contribution is 7.98. The van der Waals surface area contributed by atoms with Gasteiger partial charge in [0.05, 0.1) is 5.56 Å². The molecule has 0 saturated heterocycles. The van der Waals surface area contributed by atoms with E-state index >= 15 is 0 Å². The maximum atomic E-state index is 12.0. The summed E-state index contributed by atoms with van der Waals surface area (Å²) in [6.45, 7) is 1.59. The average Bonchev–Trinajstić information content (AvgIpc) is 3.22. The standard InChI is InChI=1S/C14H17NO3S/c1-9(13(16)15-10-7-8-10)18-14(17)11-5-3-4-6-12(11)19-2/h3-6,9-10H,7-8H2,1-2H3,(H,15,16)/t9-/m0/s1. The van der Waals surface area contributed by atoms with E-state index in [0.29, 0.717) is 5.56 Å². The van der Waals surface area contributed by atoms with E-state index in [9.17, 15) is 9.59 Å². The summed E-state index contributed by atoms with van der Waals surface area (Å²) in [6.07, 6.45) is 3.17. The number of rotatable bonds is 5. The second-order valence-electron chi connectivity index (χ2n) is 4.53. The third kappa shape index (κ3) is 3.73. The lowest BCUT2D eigenvalue weighted by Gasteiger charge is -2.14. The lowest BCUT2D eigenvalue weighted by molar-refractivity contribution is -0.129. The van der Waals surface area contributed by atoms with Crippen molar-refractivity contribution in [2.24, 2.45) is 0 Å². The second-order valence-corrected chi connectivity index (χ2v) is 5.38. The summed E-state index contributed by atoms with van der Waals surface area (Å²) in [7, 11) is 0. The van der Waals surface area contributed by atoms with E-state index in [0.717, 1.165) is 17.7 Å². The summed E-state index contributed by atoms with van der Waals surface area (Å²) in [5.74, 6) is -0.680. The number of hydrogen-bond acceptors (Lipinski definition) is 4. The first kappa shape index (κ1) is 13.9. The highest BCUT2D eigenvalue weighted by Gasteiger charge is 2.27. The summed E-state index contributed by atoms with van der Waals surface area (Å²) in [4.78, 5) is 24.6. The monoisotopic (exact) mass is 279 g/mol. The van der Waals surface area contributed by atoms with E-state index in [1.807, 2.05) is 18.4 Å². The van der Waals surface area contributed by atoms with Gasteiger partial charge in [-0.05, 0) is 38.2 Å². The number of hydrogen-bond donors (Lipinski definition) is 1. The maximum absolute atomic E-state index is 12.0. The summed E-state index contributed by atoms with van der Waals surface area (Å²) in [5.41, 5.74) is 0.501. The number of ether oxygens (including phenoxy) is 1. The molecule has 1 fully saturated rings. The third-order valence-electron chi connectivity index (χ3n) is 2.90. The van der Waals surface area contributed by atoms with E-state index in [1.165, 1.54) is 11.8 Å². The fraction of sp³-hybridized carbons (Fsp3) is 0.429. The number of benzene rings is 1. The van der Waals surface area contributed by atoms with Crippen LogP contribution in [0.5, 0.6) is 0 Å². The van der Waals surface area contributed by atoms with Gasteiger partial charge in [-0.3, -0.25) is 4.79 Å². The molecule has 4 nitrogen and oxygen atoms in total. The minimum absolute atomic E-state index is 0.225. The first-order valence-corrected chi connectivity index (χ1v) is 7.48.